The van der Waals surface area contributed by atoms with E-state index in [1.807, 2.05) is 0 Å². The number of aliphatic carboxylic acids is 1. The van der Waals surface area contributed by atoms with Crippen LogP contribution in [-0.2, 0) is 4.79 Å². The number of carbonyl (C=O) groups is 1. The van der Waals surface area contributed by atoms with Crippen LogP contribution >= 0.6 is 0 Å². The fourth-order valence-corrected chi connectivity index (χ4v) is 3.32. The third-order valence-corrected chi connectivity index (χ3v) is 4.11. The number of para-hydroxylation sites is 1. The van der Waals surface area contributed by atoms with E-state index < -0.39 is 5.97 Å². The molecule has 0 bridgehead atoms. The van der Waals surface area contributed by atoms with Crippen LogP contribution < -0.4 is 4.90 Å². The van der Waals surface area contributed by atoms with E-state index >= 15 is 0 Å². The van der Waals surface area contributed by atoms with Crippen molar-refractivity contribution in [3.8, 4) is 0 Å². The minimum absolute atomic E-state index is 0.112. The van der Waals surface area contributed by atoms with Crippen molar-refractivity contribution < 1.29 is 9.90 Å². The molecule has 1 fully saturated rings. The van der Waals surface area contributed by atoms with Crippen molar-refractivity contribution in [2.75, 3.05) is 18.0 Å². The smallest absolute Gasteiger partial charge is 0.303 e. The second kappa shape index (κ2) is 5.24. The van der Waals surface area contributed by atoms with Gasteiger partial charge in [-0.2, -0.15) is 0 Å². The second-order valence-electron chi connectivity index (χ2n) is 6.15. The van der Waals surface area contributed by atoms with Gasteiger partial charge in [0.1, 0.15) is 0 Å². The predicted octanol–water partition coefficient (Wildman–Crippen LogP) is 3.38. The fourth-order valence-electron chi connectivity index (χ4n) is 3.32. The van der Waals surface area contributed by atoms with E-state index in [9.17, 15) is 4.79 Å². The first kappa shape index (κ1) is 13.9. The Labute approximate surface area is 115 Å². The molecule has 1 unspecified atom stereocenters. The summed E-state index contributed by atoms with van der Waals surface area (Å²) < 4.78 is 0. The highest BCUT2D eigenvalue weighted by Gasteiger charge is 2.33. The molecule has 0 amide bonds. The molecular formula is C16H23NO2. The van der Waals surface area contributed by atoms with Gasteiger partial charge >= 0.3 is 5.97 Å². The van der Waals surface area contributed by atoms with Crippen LogP contribution in [0.25, 0.3) is 0 Å². The lowest BCUT2D eigenvalue weighted by Gasteiger charge is -2.42. The summed E-state index contributed by atoms with van der Waals surface area (Å²) in [5, 5.41) is 9.08. The number of carboxylic acids is 1. The third kappa shape index (κ3) is 3.09. The van der Waals surface area contributed by atoms with E-state index in [0.29, 0.717) is 0 Å². The van der Waals surface area contributed by atoms with Gasteiger partial charge in [-0.3, -0.25) is 4.79 Å². The lowest BCUT2D eigenvalue weighted by Crippen LogP contribution is -2.43. The highest BCUT2D eigenvalue weighted by atomic mass is 16.4. The number of anilines is 1. The Bertz CT molecular complexity index is 463. The fraction of sp³-hybridized carbons (Fsp3) is 0.562. The van der Waals surface area contributed by atoms with Crippen LogP contribution in [-0.4, -0.2) is 24.2 Å². The Kier molecular flexibility index (Phi) is 3.83. The molecule has 1 aliphatic rings. The van der Waals surface area contributed by atoms with Crippen molar-refractivity contribution in [3.05, 3.63) is 29.3 Å². The highest BCUT2D eigenvalue weighted by Crippen LogP contribution is 2.37. The Morgan fingerprint density at radius 2 is 2.00 bits per heavy atom. The number of carboxylic acid groups (broad SMARTS) is 1. The molecule has 1 aliphatic heterocycles. The quantitative estimate of drug-likeness (QED) is 0.906. The molecule has 1 N–H and O–H groups in total. The summed E-state index contributed by atoms with van der Waals surface area (Å²) in [6.07, 6.45) is 2.33. The van der Waals surface area contributed by atoms with Gasteiger partial charge in [-0.05, 0) is 43.2 Å². The molecule has 3 nitrogen and oxygen atoms in total. The number of aryl methyl sites for hydroxylation is 2. The van der Waals surface area contributed by atoms with Gasteiger partial charge in [-0.15, -0.1) is 0 Å². The molecule has 0 radical (unpaired) electrons. The van der Waals surface area contributed by atoms with Gasteiger partial charge in [-0.25, -0.2) is 0 Å². The summed E-state index contributed by atoms with van der Waals surface area (Å²) in [6, 6.07) is 6.34. The van der Waals surface area contributed by atoms with Gasteiger partial charge in [0.05, 0.1) is 6.42 Å². The molecule has 19 heavy (non-hydrogen) atoms. The zero-order valence-corrected chi connectivity index (χ0v) is 12.1. The largest absolute Gasteiger partial charge is 0.481 e. The minimum Gasteiger partial charge on any atom is -0.481 e. The zero-order chi connectivity index (χ0) is 14.0. The average molecular weight is 261 g/mol. The molecule has 1 heterocycles. The molecule has 1 saturated heterocycles. The number of hydrogen-bond acceptors (Lipinski definition) is 2. The Balaban J connectivity index is 2.24. The first-order valence-electron chi connectivity index (χ1n) is 6.94. The van der Waals surface area contributed by atoms with Crippen molar-refractivity contribution in [1.82, 2.24) is 0 Å². The first-order chi connectivity index (χ1) is 8.91. The van der Waals surface area contributed by atoms with Gasteiger partial charge in [0, 0.05) is 18.8 Å². The van der Waals surface area contributed by atoms with Crippen molar-refractivity contribution in [2.24, 2.45) is 5.41 Å². The zero-order valence-electron chi connectivity index (χ0n) is 12.1. The highest BCUT2D eigenvalue weighted by molar-refractivity contribution is 5.68. The standard InChI is InChI=1S/C16H23NO2/c1-12-6-4-7-13(2)15(12)17-9-5-8-16(3,11-17)10-14(18)19/h4,6-7H,5,8-11H2,1-3H3,(H,18,19). The number of benzene rings is 1. The molecule has 2 rings (SSSR count). The van der Waals surface area contributed by atoms with Crippen LogP contribution in [0.15, 0.2) is 18.2 Å². The van der Waals surface area contributed by atoms with Crippen molar-refractivity contribution >= 4 is 11.7 Å². The second-order valence-corrected chi connectivity index (χ2v) is 6.15. The van der Waals surface area contributed by atoms with Crippen molar-refractivity contribution in [2.45, 2.75) is 40.0 Å². The monoisotopic (exact) mass is 261 g/mol. The van der Waals surface area contributed by atoms with Gasteiger partial charge in [0.2, 0.25) is 0 Å². The number of nitrogens with zero attached hydrogens (tertiary/aromatic N) is 1. The van der Waals surface area contributed by atoms with Crippen LogP contribution in [0.5, 0.6) is 0 Å². The third-order valence-electron chi connectivity index (χ3n) is 4.11. The van der Waals surface area contributed by atoms with Crippen LogP contribution in [0.4, 0.5) is 5.69 Å². The van der Waals surface area contributed by atoms with E-state index in [2.05, 4.69) is 43.9 Å². The van der Waals surface area contributed by atoms with Crippen molar-refractivity contribution in [1.29, 1.82) is 0 Å². The minimum atomic E-state index is -0.689. The van der Waals surface area contributed by atoms with Crippen LogP contribution in [0.2, 0.25) is 0 Å². The lowest BCUT2D eigenvalue weighted by atomic mass is 9.78. The SMILES string of the molecule is Cc1cccc(C)c1N1CCCC(C)(CC(=O)O)C1. The maximum Gasteiger partial charge on any atom is 0.303 e. The van der Waals surface area contributed by atoms with E-state index in [4.69, 9.17) is 5.11 Å². The summed E-state index contributed by atoms with van der Waals surface area (Å²) in [4.78, 5) is 13.4. The predicted molar refractivity (Wildman–Crippen MR) is 77.7 cm³/mol. The molecule has 1 atom stereocenters. The Morgan fingerprint density at radius 1 is 1.37 bits per heavy atom. The normalized spacial score (nSPS) is 23.4. The van der Waals surface area contributed by atoms with Crippen LogP contribution in [0.1, 0.15) is 37.3 Å². The van der Waals surface area contributed by atoms with Gasteiger partial charge in [0.25, 0.3) is 0 Å². The number of piperidine rings is 1. The molecule has 0 aliphatic carbocycles. The number of rotatable bonds is 3. The summed E-state index contributed by atoms with van der Waals surface area (Å²) in [5.74, 6) is -0.689. The van der Waals surface area contributed by atoms with Gasteiger partial charge < -0.3 is 10.0 Å². The average Bonchev–Trinajstić information content (AvgIpc) is 2.26. The summed E-state index contributed by atoms with van der Waals surface area (Å²) in [5.41, 5.74) is 3.73. The molecule has 0 aromatic heterocycles. The molecular weight excluding hydrogens is 238 g/mol. The molecule has 0 spiro atoms. The van der Waals surface area contributed by atoms with E-state index in [1.165, 1.54) is 16.8 Å². The summed E-state index contributed by atoms with van der Waals surface area (Å²) in [6.45, 7) is 8.23. The van der Waals surface area contributed by atoms with Gasteiger partial charge in [0.15, 0.2) is 0 Å². The maximum atomic E-state index is 11.0. The first-order valence-corrected chi connectivity index (χ1v) is 6.94. The number of hydrogen-bond donors (Lipinski definition) is 1. The molecule has 104 valence electrons. The van der Waals surface area contributed by atoms with Crippen molar-refractivity contribution in [3.63, 3.8) is 0 Å². The molecule has 1 aromatic rings. The Hall–Kier alpha value is -1.51. The van der Waals surface area contributed by atoms with Crippen LogP contribution in [0.3, 0.4) is 0 Å². The van der Waals surface area contributed by atoms with E-state index in [-0.39, 0.29) is 11.8 Å². The maximum absolute atomic E-state index is 11.0. The molecule has 0 saturated carbocycles. The molecule has 3 heteroatoms. The van der Waals surface area contributed by atoms with E-state index in [1.54, 1.807) is 0 Å². The Morgan fingerprint density at radius 3 is 2.58 bits per heavy atom. The lowest BCUT2D eigenvalue weighted by molar-refractivity contribution is -0.139. The summed E-state index contributed by atoms with van der Waals surface area (Å²) in [7, 11) is 0. The van der Waals surface area contributed by atoms with E-state index in [0.717, 1.165) is 25.9 Å². The molecule has 1 aromatic carbocycles. The van der Waals surface area contributed by atoms with Crippen LogP contribution in [0, 0.1) is 19.3 Å². The topological polar surface area (TPSA) is 40.5 Å². The summed E-state index contributed by atoms with van der Waals surface area (Å²) >= 11 is 0. The van der Waals surface area contributed by atoms with Gasteiger partial charge in [-0.1, -0.05) is 25.1 Å².